The minimum atomic E-state index is -0.230. The van der Waals surface area contributed by atoms with Crippen LogP contribution in [0, 0.1) is 6.92 Å². The number of nitrogens with zero attached hydrogens (tertiary/aromatic N) is 2. The van der Waals surface area contributed by atoms with Crippen LogP contribution in [0.2, 0.25) is 0 Å². The van der Waals surface area contributed by atoms with Crippen LogP contribution in [-0.2, 0) is 0 Å². The molecule has 0 aliphatic carbocycles. The van der Waals surface area contributed by atoms with Gasteiger partial charge in [0.15, 0.2) is 5.82 Å². The van der Waals surface area contributed by atoms with Crippen LogP contribution in [0.1, 0.15) is 23.7 Å². The zero-order valence-electron chi connectivity index (χ0n) is 8.57. The maximum absolute atomic E-state index is 5.86. The van der Waals surface area contributed by atoms with Crippen molar-refractivity contribution in [2.45, 2.75) is 19.2 Å². The molecule has 2 aromatic rings. The van der Waals surface area contributed by atoms with E-state index < -0.39 is 0 Å². The van der Waals surface area contributed by atoms with Gasteiger partial charge in [-0.25, -0.2) is 0 Å². The zero-order valence-corrected chi connectivity index (χ0v) is 9.32. The normalized spacial score (nSPS) is 12.7. The highest BCUT2D eigenvalue weighted by atomic mass is 35.5. The van der Waals surface area contributed by atoms with Gasteiger partial charge in [-0.15, -0.1) is 11.6 Å². The summed E-state index contributed by atoms with van der Waals surface area (Å²) in [6.45, 7) is 3.82. The smallest absolute Gasteiger partial charge is 0.258 e. The molecule has 78 valence electrons. The topological polar surface area (TPSA) is 38.9 Å². The third-order valence-corrected chi connectivity index (χ3v) is 2.37. The van der Waals surface area contributed by atoms with Crippen LogP contribution < -0.4 is 0 Å². The number of hydrogen-bond acceptors (Lipinski definition) is 3. The molecule has 0 bridgehead atoms. The number of aryl methyl sites for hydroxylation is 1. The number of alkyl halides is 1. The summed E-state index contributed by atoms with van der Waals surface area (Å²) in [6, 6.07) is 7.87. The Morgan fingerprint density at radius 2 is 2.07 bits per heavy atom. The molecule has 0 spiro atoms. The zero-order chi connectivity index (χ0) is 10.8. The Kier molecular flexibility index (Phi) is 2.73. The van der Waals surface area contributed by atoms with E-state index in [0.29, 0.717) is 11.7 Å². The van der Waals surface area contributed by atoms with Crippen LogP contribution in [0.3, 0.4) is 0 Å². The summed E-state index contributed by atoms with van der Waals surface area (Å²) in [6.07, 6.45) is 0. The van der Waals surface area contributed by atoms with Crippen molar-refractivity contribution in [3.05, 3.63) is 35.7 Å². The van der Waals surface area contributed by atoms with Gasteiger partial charge in [0.25, 0.3) is 5.89 Å². The fourth-order valence-corrected chi connectivity index (χ4v) is 1.41. The van der Waals surface area contributed by atoms with E-state index in [1.165, 1.54) is 0 Å². The maximum atomic E-state index is 5.86. The monoisotopic (exact) mass is 222 g/mol. The van der Waals surface area contributed by atoms with E-state index >= 15 is 0 Å². The molecular weight excluding hydrogens is 212 g/mol. The Bertz CT molecular complexity index is 465. The molecule has 0 fully saturated rings. The molecule has 15 heavy (non-hydrogen) atoms. The first-order valence-electron chi connectivity index (χ1n) is 4.72. The van der Waals surface area contributed by atoms with Gasteiger partial charge in [-0.1, -0.05) is 23.4 Å². The van der Waals surface area contributed by atoms with Crippen LogP contribution in [-0.4, -0.2) is 10.1 Å². The van der Waals surface area contributed by atoms with Crippen molar-refractivity contribution in [1.82, 2.24) is 10.1 Å². The number of hydrogen-bond donors (Lipinski definition) is 0. The first kappa shape index (κ1) is 10.2. The number of rotatable bonds is 2. The Hall–Kier alpha value is -1.35. The second-order valence-electron chi connectivity index (χ2n) is 3.39. The van der Waals surface area contributed by atoms with Crippen molar-refractivity contribution in [3.8, 4) is 11.5 Å². The number of benzene rings is 1. The molecule has 1 unspecified atom stereocenters. The molecule has 0 saturated carbocycles. The first-order valence-corrected chi connectivity index (χ1v) is 5.16. The van der Waals surface area contributed by atoms with E-state index in [9.17, 15) is 0 Å². The summed E-state index contributed by atoms with van der Waals surface area (Å²) in [5, 5.41) is 3.59. The van der Waals surface area contributed by atoms with Crippen molar-refractivity contribution < 1.29 is 4.52 Å². The van der Waals surface area contributed by atoms with Gasteiger partial charge in [0.05, 0.1) is 5.38 Å². The lowest BCUT2D eigenvalue weighted by Gasteiger charge is -1.97. The molecule has 2 rings (SSSR count). The van der Waals surface area contributed by atoms with Crippen molar-refractivity contribution in [2.75, 3.05) is 0 Å². The van der Waals surface area contributed by atoms with Gasteiger partial charge in [-0.2, -0.15) is 4.98 Å². The molecule has 0 saturated heterocycles. The van der Waals surface area contributed by atoms with Crippen molar-refractivity contribution >= 4 is 11.6 Å². The lowest BCUT2D eigenvalue weighted by atomic mass is 10.1. The molecule has 0 aliphatic heterocycles. The largest absolute Gasteiger partial charge is 0.334 e. The van der Waals surface area contributed by atoms with Crippen LogP contribution in [0.15, 0.2) is 28.8 Å². The molecule has 0 aliphatic rings. The van der Waals surface area contributed by atoms with E-state index in [2.05, 4.69) is 10.1 Å². The van der Waals surface area contributed by atoms with E-state index in [-0.39, 0.29) is 5.38 Å². The van der Waals surface area contributed by atoms with Crippen LogP contribution in [0.25, 0.3) is 11.5 Å². The molecule has 4 heteroatoms. The summed E-state index contributed by atoms with van der Waals surface area (Å²) in [7, 11) is 0. The van der Waals surface area contributed by atoms with E-state index in [1.807, 2.05) is 38.1 Å². The van der Waals surface area contributed by atoms with Crippen molar-refractivity contribution in [3.63, 3.8) is 0 Å². The van der Waals surface area contributed by atoms with Crippen LogP contribution in [0.4, 0.5) is 0 Å². The minimum absolute atomic E-state index is 0.230. The fourth-order valence-electron chi connectivity index (χ4n) is 1.32. The van der Waals surface area contributed by atoms with Gasteiger partial charge in [0, 0.05) is 5.56 Å². The van der Waals surface area contributed by atoms with Crippen LogP contribution in [0.5, 0.6) is 0 Å². The van der Waals surface area contributed by atoms with Gasteiger partial charge >= 0.3 is 0 Å². The summed E-state index contributed by atoms with van der Waals surface area (Å²) in [4.78, 5) is 4.23. The minimum Gasteiger partial charge on any atom is -0.334 e. The summed E-state index contributed by atoms with van der Waals surface area (Å²) < 4.78 is 5.15. The van der Waals surface area contributed by atoms with E-state index in [4.69, 9.17) is 16.1 Å². The lowest BCUT2D eigenvalue weighted by Crippen LogP contribution is -1.87. The van der Waals surface area contributed by atoms with Crippen LogP contribution >= 0.6 is 11.6 Å². The Labute approximate surface area is 93.1 Å². The first-order chi connectivity index (χ1) is 7.18. The highest BCUT2D eigenvalue weighted by Gasteiger charge is 2.13. The van der Waals surface area contributed by atoms with Gasteiger partial charge in [0.1, 0.15) is 0 Å². The molecule has 0 amide bonds. The third-order valence-electron chi connectivity index (χ3n) is 2.17. The Morgan fingerprint density at radius 1 is 1.33 bits per heavy atom. The standard InChI is InChI=1S/C11H11ClN2O/c1-7-5-3-4-6-9(7)11-13-10(8(2)12)14-15-11/h3-6,8H,1-2H3. The fraction of sp³-hybridized carbons (Fsp3) is 0.273. The van der Waals surface area contributed by atoms with E-state index in [0.717, 1.165) is 11.1 Å². The van der Waals surface area contributed by atoms with Crippen molar-refractivity contribution in [2.24, 2.45) is 0 Å². The van der Waals surface area contributed by atoms with Gasteiger partial charge < -0.3 is 4.52 Å². The summed E-state index contributed by atoms with van der Waals surface area (Å²) in [5.74, 6) is 1.05. The molecular formula is C11H11ClN2O. The molecule has 0 radical (unpaired) electrons. The average Bonchev–Trinajstić information content (AvgIpc) is 2.67. The third kappa shape index (κ3) is 2.02. The maximum Gasteiger partial charge on any atom is 0.258 e. The number of aromatic nitrogens is 2. The average molecular weight is 223 g/mol. The SMILES string of the molecule is Cc1ccccc1-c1nc(C(C)Cl)no1. The van der Waals surface area contributed by atoms with E-state index in [1.54, 1.807) is 0 Å². The molecule has 1 atom stereocenters. The molecule has 1 aromatic heterocycles. The van der Waals surface area contributed by atoms with Gasteiger partial charge in [-0.05, 0) is 25.5 Å². The Morgan fingerprint density at radius 3 is 2.67 bits per heavy atom. The summed E-state index contributed by atoms with van der Waals surface area (Å²) in [5.41, 5.74) is 2.06. The highest BCUT2D eigenvalue weighted by Crippen LogP contribution is 2.24. The molecule has 0 N–H and O–H groups in total. The lowest BCUT2D eigenvalue weighted by molar-refractivity contribution is 0.422. The molecule has 1 aromatic carbocycles. The predicted octanol–water partition coefficient (Wildman–Crippen LogP) is 3.34. The Balaban J connectivity index is 2.42. The quantitative estimate of drug-likeness (QED) is 0.732. The second-order valence-corrected chi connectivity index (χ2v) is 4.04. The van der Waals surface area contributed by atoms with Crippen molar-refractivity contribution in [1.29, 1.82) is 0 Å². The van der Waals surface area contributed by atoms with Gasteiger partial charge in [-0.3, -0.25) is 0 Å². The molecule has 3 nitrogen and oxygen atoms in total. The second kappa shape index (κ2) is 4.03. The molecule has 1 heterocycles. The van der Waals surface area contributed by atoms with Gasteiger partial charge in [0.2, 0.25) is 0 Å². The summed E-state index contributed by atoms with van der Waals surface area (Å²) >= 11 is 5.86. The number of halogens is 1. The highest BCUT2D eigenvalue weighted by molar-refractivity contribution is 6.20. The predicted molar refractivity (Wildman–Crippen MR) is 58.7 cm³/mol.